The lowest BCUT2D eigenvalue weighted by Gasteiger charge is -2.06. The molecule has 0 spiro atoms. The van der Waals surface area contributed by atoms with Crippen molar-refractivity contribution >= 4 is 46.4 Å². The molecule has 0 aromatic heterocycles. The standard InChI is InChI=1S/C8H6Cl4/c9-6-2-1-3-7(10)5(6)4-8(11)12/h1-3,8H,4H2. The molecule has 0 aliphatic rings. The predicted molar refractivity (Wildman–Crippen MR) is 55.7 cm³/mol. The Morgan fingerprint density at radius 3 is 2.00 bits per heavy atom. The van der Waals surface area contributed by atoms with Gasteiger partial charge in [-0.25, -0.2) is 0 Å². The van der Waals surface area contributed by atoms with Crippen molar-refractivity contribution in [3.8, 4) is 0 Å². The Labute approximate surface area is 91.4 Å². The molecule has 0 saturated carbocycles. The maximum atomic E-state index is 5.87. The highest BCUT2D eigenvalue weighted by atomic mass is 35.5. The lowest BCUT2D eigenvalue weighted by atomic mass is 10.2. The van der Waals surface area contributed by atoms with Crippen LogP contribution in [-0.2, 0) is 6.42 Å². The summed E-state index contributed by atoms with van der Waals surface area (Å²) in [6.07, 6.45) is 0.474. The molecular formula is C8H6Cl4. The molecule has 12 heavy (non-hydrogen) atoms. The van der Waals surface area contributed by atoms with Crippen molar-refractivity contribution < 1.29 is 0 Å². The average Bonchev–Trinajstić information content (AvgIpc) is 1.97. The van der Waals surface area contributed by atoms with Crippen molar-refractivity contribution in [1.29, 1.82) is 0 Å². The van der Waals surface area contributed by atoms with E-state index in [1.54, 1.807) is 18.2 Å². The van der Waals surface area contributed by atoms with E-state index in [4.69, 9.17) is 46.4 Å². The van der Waals surface area contributed by atoms with Gasteiger partial charge in [-0.3, -0.25) is 0 Å². The second kappa shape index (κ2) is 4.57. The summed E-state index contributed by atoms with van der Waals surface area (Å²) in [5.74, 6) is 0. The summed E-state index contributed by atoms with van der Waals surface area (Å²) in [7, 11) is 0. The fourth-order valence-corrected chi connectivity index (χ4v) is 1.74. The predicted octanol–water partition coefficient (Wildman–Crippen LogP) is 4.34. The molecule has 0 heterocycles. The highest BCUT2D eigenvalue weighted by Gasteiger charge is 2.08. The van der Waals surface area contributed by atoms with Gasteiger partial charge >= 0.3 is 0 Å². The van der Waals surface area contributed by atoms with Crippen LogP contribution in [0.5, 0.6) is 0 Å². The average molecular weight is 244 g/mol. The SMILES string of the molecule is Clc1cccc(Cl)c1CC(Cl)Cl. The molecule has 1 aromatic rings. The molecule has 0 saturated heterocycles. The van der Waals surface area contributed by atoms with Crippen LogP contribution in [0, 0.1) is 0 Å². The Hall–Kier alpha value is 0.380. The van der Waals surface area contributed by atoms with Gasteiger partial charge in [-0.15, -0.1) is 23.2 Å². The third kappa shape index (κ3) is 2.70. The Bertz CT molecular complexity index is 250. The minimum Gasteiger partial charge on any atom is -0.105 e. The molecule has 0 N–H and O–H groups in total. The first-order chi connectivity index (χ1) is 5.61. The van der Waals surface area contributed by atoms with E-state index < -0.39 is 4.84 Å². The third-order valence-electron chi connectivity index (χ3n) is 1.42. The Balaban J connectivity index is 2.96. The van der Waals surface area contributed by atoms with Gasteiger partial charge in [0.05, 0.1) is 0 Å². The molecular weight excluding hydrogens is 238 g/mol. The number of hydrogen-bond donors (Lipinski definition) is 0. The van der Waals surface area contributed by atoms with Crippen LogP contribution < -0.4 is 0 Å². The zero-order chi connectivity index (χ0) is 9.14. The maximum Gasteiger partial charge on any atom is 0.111 e. The van der Waals surface area contributed by atoms with Gasteiger partial charge in [-0.05, 0) is 17.7 Å². The first-order valence-electron chi connectivity index (χ1n) is 3.32. The van der Waals surface area contributed by atoms with E-state index >= 15 is 0 Å². The largest absolute Gasteiger partial charge is 0.111 e. The van der Waals surface area contributed by atoms with E-state index in [1.807, 2.05) is 0 Å². The molecule has 0 aliphatic heterocycles. The maximum absolute atomic E-state index is 5.87. The van der Waals surface area contributed by atoms with Crippen LogP contribution in [0.2, 0.25) is 10.0 Å². The van der Waals surface area contributed by atoms with Gasteiger partial charge in [-0.1, -0.05) is 29.3 Å². The summed E-state index contributed by atoms with van der Waals surface area (Å²) < 4.78 is 0. The first-order valence-corrected chi connectivity index (χ1v) is 4.95. The molecule has 66 valence electrons. The summed E-state index contributed by atoms with van der Waals surface area (Å²) in [4.78, 5) is -0.470. The van der Waals surface area contributed by atoms with Crippen LogP contribution >= 0.6 is 46.4 Å². The molecule has 4 heteroatoms. The highest BCUT2D eigenvalue weighted by molar-refractivity contribution is 6.44. The molecule has 0 radical (unpaired) electrons. The van der Waals surface area contributed by atoms with Crippen LogP contribution in [0.3, 0.4) is 0 Å². The normalized spacial score (nSPS) is 10.8. The zero-order valence-corrected chi connectivity index (χ0v) is 9.05. The second-order valence-corrected chi connectivity index (χ2v) is 4.39. The summed E-state index contributed by atoms with van der Waals surface area (Å²) in [5, 5.41) is 1.21. The van der Waals surface area contributed by atoms with Gasteiger partial charge in [-0.2, -0.15) is 0 Å². The van der Waals surface area contributed by atoms with Gasteiger partial charge in [0.15, 0.2) is 0 Å². The molecule has 0 aliphatic carbocycles. The minimum atomic E-state index is -0.470. The fourth-order valence-electron chi connectivity index (χ4n) is 0.882. The molecule has 1 aromatic carbocycles. The topological polar surface area (TPSA) is 0 Å². The van der Waals surface area contributed by atoms with Crippen LogP contribution in [0.4, 0.5) is 0 Å². The first kappa shape index (κ1) is 10.5. The molecule has 1 rings (SSSR count). The Kier molecular flexibility index (Phi) is 3.98. The van der Waals surface area contributed by atoms with Crippen molar-refractivity contribution in [3.63, 3.8) is 0 Å². The molecule has 0 amide bonds. The lowest BCUT2D eigenvalue weighted by molar-refractivity contribution is 1.09. The van der Waals surface area contributed by atoms with Crippen molar-refractivity contribution in [1.82, 2.24) is 0 Å². The number of hydrogen-bond acceptors (Lipinski definition) is 0. The van der Waals surface area contributed by atoms with Crippen molar-refractivity contribution in [2.24, 2.45) is 0 Å². The molecule has 0 fully saturated rings. The molecule has 0 nitrogen and oxygen atoms in total. The van der Waals surface area contributed by atoms with Gasteiger partial charge in [0.2, 0.25) is 0 Å². The Morgan fingerprint density at radius 1 is 1.08 bits per heavy atom. The minimum absolute atomic E-state index is 0.470. The van der Waals surface area contributed by atoms with Gasteiger partial charge in [0.25, 0.3) is 0 Å². The van der Waals surface area contributed by atoms with E-state index in [9.17, 15) is 0 Å². The smallest absolute Gasteiger partial charge is 0.105 e. The van der Waals surface area contributed by atoms with Crippen molar-refractivity contribution in [3.05, 3.63) is 33.8 Å². The van der Waals surface area contributed by atoms with Gasteiger partial charge in [0, 0.05) is 16.5 Å². The zero-order valence-electron chi connectivity index (χ0n) is 6.03. The van der Waals surface area contributed by atoms with E-state index in [2.05, 4.69) is 0 Å². The summed E-state index contributed by atoms with van der Waals surface area (Å²) in [6, 6.07) is 5.31. The van der Waals surface area contributed by atoms with Crippen LogP contribution in [0.15, 0.2) is 18.2 Å². The van der Waals surface area contributed by atoms with Crippen molar-refractivity contribution in [2.45, 2.75) is 11.3 Å². The van der Waals surface area contributed by atoms with Crippen LogP contribution in [-0.4, -0.2) is 4.84 Å². The van der Waals surface area contributed by atoms with E-state index in [-0.39, 0.29) is 0 Å². The summed E-state index contributed by atoms with van der Waals surface area (Å²) in [6.45, 7) is 0. The second-order valence-electron chi connectivity index (χ2n) is 2.30. The van der Waals surface area contributed by atoms with E-state index in [0.717, 1.165) is 5.56 Å². The van der Waals surface area contributed by atoms with E-state index in [1.165, 1.54) is 0 Å². The fraction of sp³-hybridized carbons (Fsp3) is 0.250. The summed E-state index contributed by atoms with van der Waals surface area (Å²) in [5.41, 5.74) is 0.802. The number of halogens is 4. The number of alkyl halides is 2. The van der Waals surface area contributed by atoms with Crippen molar-refractivity contribution in [2.75, 3.05) is 0 Å². The summed E-state index contributed by atoms with van der Waals surface area (Å²) >= 11 is 23.0. The van der Waals surface area contributed by atoms with Crippen LogP contribution in [0.1, 0.15) is 5.56 Å². The molecule has 0 bridgehead atoms. The van der Waals surface area contributed by atoms with Crippen LogP contribution in [0.25, 0.3) is 0 Å². The highest BCUT2D eigenvalue weighted by Crippen LogP contribution is 2.27. The monoisotopic (exact) mass is 242 g/mol. The van der Waals surface area contributed by atoms with Gasteiger partial charge < -0.3 is 0 Å². The third-order valence-corrected chi connectivity index (χ3v) is 2.44. The van der Waals surface area contributed by atoms with E-state index in [0.29, 0.717) is 16.5 Å². The Morgan fingerprint density at radius 2 is 1.58 bits per heavy atom. The lowest BCUT2D eigenvalue weighted by Crippen LogP contribution is -1.95. The number of benzene rings is 1. The number of rotatable bonds is 2. The quantitative estimate of drug-likeness (QED) is 0.678. The molecule has 0 atom stereocenters. The van der Waals surface area contributed by atoms with Gasteiger partial charge in [0.1, 0.15) is 4.84 Å². The molecule has 0 unspecified atom stereocenters.